The van der Waals surface area contributed by atoms with Crippen molar-refractivity contribution in [3.63, 3.8) is 0 Å². The molecule has 28 heavy (non-hydrogen) atoms. The fourth-order valence-corrected chi connectivity index (χ4v) is 4.52. The molecule has 3 aliphatic rings. The molecule has 0 radical (unpaired) electrons. The van der Waals surface area contributed by atoms with Crippen LogP contribution in [0.4, 0.5) is 5.82 Å². The zero-order chi connectivity index (χ0) is 19.5. The summed E-state index contributed by atoms with van der Waals surface area (Å²) in [7, 11) is 2.12. The molecule has 1 amide bonds. The van der Waals surface area contributed by atoms with Crippen LogP contribution < -0.4 is 4.90 Å². The summed E-state index contributed by atoms with van der Waals surface area (Å²) in [5.74, 6) is 2.47. The number of ether oxygens (including phenoxy) is 2. The van der Waals surface area contributed by atoms with Crippen molar-refractivity contribution in [2.24, 2.45) is 0 Å². The molecule has 1 aromatic rings. The van der Waals surface area contributed by atoms with Crippen molar-refractivity contribution in [1.82, 2.24) is 14.9 Å². The van der Waals surface area contributed by atoms with Gasteiger partial charge in [-0.1, -0.05) is 0 Å². The Kier molecular flexibility index (Phi) is 6.11. The number of amides is 1. The monoisotopic (exact) mass is 388 g/mol. The van der Waals surface area contributed by atoms with Gasteiger partial charge in [-0.2, -0.15) is 0 Å². The molecule has 7 heteroatoms. The Balaban J connectivity index is 1.29. The van der Waals surface area contributed by atoms with E-state index in [4.69, 9.17) is 19.4 Å². The van der Waals surface area contributed by atoms with Gasteiger partial charge in [0, 0.05) is 50.5 Å². The number of aromatic nitrogens is 2. The largest absolute Gasteiger partial charge is 0.376 e. The highest BCUT2D eigenvalue weighted by molar-refractivity contribution is 5.77. The number of nitrogens with zero attached hydrogens (tertiary/aromatic N) is 4. The Hall–Kier alpha value is -1.73. The molecule has 3 aliphatic heterocycles. The number of aryl methyl sites for hydroxylation is 1. The normalized spacial score (nSPS) is 23.1. The number of rotatable bonds is 5. The van der Waals surface area contributed by atoms with E-state index >= 15 is 0 Å². The first-order valence-electron chi connectivity index (χ1n) is 10.7. The molecule has 4 heterocycles. The third kappa shape index (κ3) is 4.30. The molecule has 7 nitrogen and oxygen atoms in total. The molecule has 0 N–H and O–H groups in total. The van der Waals surface area contributed by atoms with E-state index in [1.807, 2.05) is 4.90 Å². The Morgan fingerprint density at radius 2 is 2.00 bits per heavy atom. The fourth-order valence-electron chi connectivity index (χ4n) is 4.52. The predicted octanol–water partition coefficient (Wildman–Crippen LogP) is 2.07. The van der Waals surface area contributed by atoms with Crippen LogP contribution in [0.3, 0.4) is 0 Å². The van der Waals surface area contributed by atoms with E-state index in [1.54, 1.807) is 0 Å². The van der Waals surface area contributed by atoms with Crippen molar-refractivity contribution < 1.29 is 14.3 Å². The number of fused-ring (bicyclic) bond motifs is 1. The third-order valence-corrected chi connectivity index (χ3v) is 6.26. The van der Waals surface area contributed by atoms with Gasteiger partial charge in [-0.3, -0.25) is 4.79 Å². The van der Waals surface area contributed by atoms with Gasteiger partial charge in [-0.25, -0.2) is 9.97 Å². The Bertz CT molecular complexity index is 697. The molecule has 0 aliphatic carbocycles. The van der Waals surface area contributed by atoms with Crippen LogP contribution in [0.2, 0.25) is 0 Å². The second-order valence-corrected chi connectivity index (χ2v) is 8.30. The van der Waals surface area contributed by atoms with E-state index in [1.165, 1.54) is 12.0 Å². The second kappa shape index (κ2) is 8.74. The topological polar surface area (TPSA) is 67.8 Å². The Morgan fingerprint density at radius 3 is 2.75 bits per heavy atom. The number of piperidine rings is 1. The Morgan fingerprint density at radius 1 is 1.18 bits per heavy atom. The zero-order valence-corrected chi connectivity index (χ0v) is 17.2. The van der Waals surface area contributed by atoms with Gasteiger partial charge < -0.3 is 19.3 Å². The maximum absolute atomic E-state index is 12.4. The average molecular weight is 389 g/mol. The highest BCUT2D eigenvalue weighted by atomic mass is 16.5. The summed E-state index contributed by atoms with van der Waals surface area (Å²) in [4.78, 5) is 26.3. The molecule has 4 rings (SSSR count). The molecular formula is C21H32N4O3. The van der Waals surface area contributed by atoms with Crippen LogP contribution in [0.1, 0.15) is 55.1 Å². The van der Waals surface area contributed by atoms with Crippen molar-refractivity contribution in [3.8, 4) is 0 Å². The first-order valence-corrected chi connectivity index (χ1v) is 10.7. The number of hydrogen-bond donors (Lipinski definition) is 0. The summed E-state index contributed by atoms with van der Waals surface area (Å²) in [5, 5.41) is 0. The lowest BCUT2D eigenvalue weighted by atomic mass is 9.95. The van der Waals surface area contributed by atoms with Gasteiger partial charge in [0.25, 0.3) is 0 Å². The second-order valence-electron chi connectivity index (χ2n) is 8.30. The molecule has 0 aromatic carbocycles. The van der Waals surface area contributed by atoms with Crippen LogP contribution >= 0.6 is 0 Å². The molecule has 2 saturated heterocycles. The lowest BCUT2D eigenvalue weighted by Gasteiger charge is -2.33. The van der Waals surface area contributed by atoms with Crippen molar-refractivity contribution in [3.05, 3.63) is 17.1 Å². The minimum Gasteiger partial charge on any atom is -0.376 e. The molecule has 2 fully saturated rings. The lowest BCUT2D eigenvalue weighted by Crippen LogP contribution is -2.40. The van der Waals surface area contributed by atoms with E-state index < -0.39 is 0 Å². The van der Waals surface area contributed by atoms with Gasteiger partial charge >= 0.3 is 0 Å². The van der Waals surface area contributed by atoms with E-state index in [9.17, 15) is 4.79 Å². The quantitative estimate of drug-likeness (QED) is 0.769. The van der Waals surface area contributed by atoms with E-state index in [0.717, 1.165) is 75.7 Å². The molecule has 154 valence electrons. The maximum Gasteiger partial charge on any atom is 0.248 e. The first-order chi connectivity index (χ1) is 13.6. The fraction of sp³-hybridized carbons (Fsp3) is 0.762. The van der Waals surface area contributed by atoms with Crippen molar-refractivity contribution in [2.45, 2.75) is 57.5 Å². The van der Waals surface area contributed by atoms with Gasteiger partial charge in [0.1, 0.15) is 18.2 Å². The molecule has 0 spiro atoms. The minimum atomic E-state index is 0.0821. The van der Waals surface area contributed by atoms with Crippen LogP contribution in [0, 0.1) is 6.92 Å². The van der Waals surface area contributed by atoms with Crippen molar-refractivity contribution >= 4 is 11.7 Å². The molecule has 1 atom stereocenters. The molecule has 1 aromatic heterocycles. The van der Waals surface area contributed by atoms with Crippen LogP contribution in [0.5, 0.6) is 0 Å². The zero-order valence-electron chi connectivity index (χ0n) is 17.2. The van der Waals surface area contributed by atoms with Crippen LogP contribution in [-0.2, 0) is 20.7 Å². The van der Waals surface area contributed by atoms with Gasteiger partial charge in [-0.15, -0.1) is 0 Å². The van der Waals surface area contributed by atoms with Crippen molar-refractivity contribution in [1.29, 1.82) is 0 Å². The van der Waals surface area contributed by atoms with Crippen molar-refractivity contribution in [2.75, 3.05) is 51.4 Å². The molecule has 0 bridgehead atoms. The summed E-state index contributed by atoms with van der Waals surface area (Å²) in [6.45, 7) is 6.16. The Labute approximate surface area is 167 Å². The molecular weight excluding hydrogens is 356 g/mol. The van der Waals surface area contributed by atoms with Gasteiger partial charge in [0.05, 0.1) is 12.7 Å². The SMILES string of the molecule is Cc1nc(C2CCN(C(=O)COC[C@H]3CCCO3)CC2)nc2c1CCCN2C. The van der Waals surface area contributed by atoms with Gasteiger partial charge in [0.15, 0.2) is 0 Å². The van der Waals surface area contributed by atoms with Crippen LogP contribution in [-0.4, -0.2) is 73.4 Å². The minimum absolute atomic E-state index is 0.0821. The van der Waals surface area contributed by atoms with E-state index in [-0.39, 0.29) is 18.6 Å². The average Bonchev–Trinajstić information content (AvgIpc) is 3.22. The summed E-state index contributed by atoms with van der Waals surface area (Å²) in [6.07, 6.45) is 6.37. The highest BCUT2D eigenvalue weighted by Gasteiger charge is 2.28. The summed E-state index contributed by atoms with van der Waals surface area (Å²) >= 11 is 0. The van der Waals surface area contributed by atoms with Gasteiger partial charge in [-0.05, 0) is 45.4 Å². The maximum atomic E-state index is 12.4. The molecule has 0 saturated carbocycles. The summed E-state index contributed by atoms with van der Waals surface area (Å²) in [5.41, 5.74) is 2.42. The number of carbonyl (C=O) groups excluding carboxylic acids is 1. The van der Waals surface area contributed by atoms with Crippen LogP contribution in [0.15, 0.2) is 0 Å². The number of hydrogen-bond acceptors (Lipinski definition) is 6. The van der Waals surface area contributed by atoms with E-state index in [2.05, 4.69) is 18.9 Å². The lowest BCUT2D eigenvalue weighted by molar-refractivity contribution is -0.138. The van der Waals surface area contributed by atoms with Gasteiger partial charge in [0.2, 0.25) is 5.91 Å². The summed E-state index contributed by atoms with van der Waals surface area (Å²) < 4.78 is 11.1. The highest BCUT2D eigenvalue weighted by Crippen LogP contribution is 2.31. The number of carbonyl (C=O) groups is 1. The predicted molar refractivity (Wildman–Crippen MR) is 107 cm³/mol. The third-order valence-electron chi connectivity index (χ3n) is 6.26. The number of likely N-dealkylation sites (tertiary alicyclic amines) is 1. The molecule has 0 unspecified atom stereocenters. The first kappa shape index (κ1) is 19.6. The summed E-state index contributed by atoms with van der Waals surface area (Å²) in [6, 6.07) is 0. The smallest absolute Gasteiger partial charge is 0.248 e. The van der Waals surface area contributed by atoms with E-state index in [0.29, 0.717) is 12.5 Å². The standard InChI is InChI=1S/C21H32N4O3/c1-15-18-6-3-9-24(2)21(18)23-20(22-15)16-7-10-25(11-8-16)19(26)14-27-13-17-5-4-12-28-17/h16-17H,3-14H2,1-2H3/t17-/m1/s1. The van der Waals surface area contributed by atoms with Crippen LogP contribution in [0.25, 0.3) is 0 Å². The number of anilines is 1.